The SMILES string of the molecule is COc1ccc(/C=N\OCC(=O)O[C@@H](C)C(=O)Nc2ccc(F)c(F)c2F)cc1. The molecule has 0 fully saturated rings. The average molecular weight is 410 g/mol. The maximum Gasteiger partial charge on any atom is 0.347 e. The van der Waals surface area contributed by atoms with Gasteiger partial charge in [0.2, 0.25) is 6.61 Å². The van der Waals surface area contributed by atoms with Crippen molar-refractivity contribution >= 4 is 23.8 Å². The van der Waals surface area contributed by atoms with Gasteiger partial charge in [-0.15, -0.1) is 0 Å². The zero-order valence-corrected chi connectivity index (χ0v) is 15.4. The van der Waals surface area contributed by atoms with E-state index in [0.29, 0.717) is 17.4 Å². The Labute approximate surface area is 164 Å². The lowest BCUT2D eigenvalue weighted by molar-refractivity contribution is -0.157. The third-order valence-electron chi connectivity index (χ3n) is 3.55. The Bertz CT molecular complexity index is 903. The average Bonchev–Trinajstić information content (AvgIpc) is 2.72. The van der Waals surface area contributed by atoms with E-state index in [-0.39, 0.29) is 0 Å². The summed E-state index contributed by atoms with van der Waals surface area (Å²) in [4.78, 5) is 28.4. The molecule has 0 aliphatic heterocycles. The lowest BCUT2D eigenvalue weighted by Crippen LogP contribution is -2.31. The Morgan fingerprint density at radius 2 is 1.79 bits per heavy atom. The number of rotatable bonds is 8. The van der Waals surface area contributed by atoms with E-state index in [4.69, 9.17) is 14.3 Å². The maximum atomic E-state index is 13.6. The van der Waals surface area contributed by atoms with Crippen LogP contribution in [0.25, 0.3) is 0 Å². The fourth-order valence-corrected chi connectivity index (χ4v) is 2.02. The van der Waals surface area contributed by atoms with Crippen LogP contribution in [0.5, 0.6) is 5.75 Å². The summed E-state index contributed by atoms with van der Waals surface area (Å²) in [6, 6.07) is 8.36. The van der Waals surface area contributed by atoms with Crippen LogP contribution in [0.2, 0.25) is 0 Å². The first-order chi connectivity index (χ1) is 13.8. The van der Waals surface area contributed by atoms with Crippen molar-refractivity contribution in [2.24, 2.45) is 5.16 Å². The molecule has 154 valence electrons. The highest BCUT2D eigenvalue weighted by Gasteiger charge is 2.21. The number of hydrogen-bond donors (Lipinski definition) is 1. The van der Waals surface area contributed by atoms with Gasteiger partial charge in [-0.1, -0.05) is 5.16 Å². The predicted octanol–water partition coefficient (Wildman–Crippen LogP) is 3.03. The van der Waals surface area contributed by atoms with Crippen molar-refractivity contribution in [2.75, 3.05) is 19.0 Å². The molecule has 1 atom stereocenters. The van der Waals surface area contributed by atoms with Gasteiger partial charge in [-0.05, 0) is 48.9 Å². The summed E-state index contributed by atoms with van der Waals surface area (Å²) in [7, 11) is 1.54. The van der Waals surface area contributed by atoms with Gasteiger partial charge in [0.1, 0.15) is 5.75 Å². The number of nitrogens with one attached hydrogen (secondary N) is 1. The van der Waals surface area contributed by atoms with Crippen molar-refractivity contribution in [1.82, 2.24) is 0 Å². The van der Waals surface area contributed by atoms with E-state index in [9.17, 15) is 22.8 Å². The van der Waals surface area contributed by atoms with Gasteiger partial charge in [0.15, 0.2) is 23.6 Å². The van der Waals surface area contributed by atoms with Gasteiger partial charge in [-0.2, -0.15) is 0 Å². The van der Waals surface area contributed by atoms with Gasteiger partial charge in [0.25, 0.3) is 5.91 Å². The first kappa shape index (κ1) is 21.7. The highest BCUT2D eigenvalue weighted by Crippen LogP contribution is 2.20. The van der Waals surface area contributed by atoms with Gasteiger partial charge < -0.3 is 19.6 Å². The van der Waals surface area contributed by atoms with E-state index in [1.807, 2.05) is 5.32 Å². The van der Waals surface area contributed by atoms with Gasteiger partial charge in [-0.25, -0.2) is 18.0 Å². The molecule has 10 heteroatoms. The first-order valence-corrected chi connectivity index (χ1v) is 8.25. The largest absolute Gasteiger partial charge is 0.497 e. The molecule has 0 saturated carbocycles. The summed E-state index contributed by atoms with van der Waals surface area (Å²) < 4.78 is 49.4. The molecule has 0 unspecified atom stereocenters. The highest BCUT2D eigenvalue weighted by molar-refractivity contribution is 5.95. The molecule has 0 bridgehead atoms. The monoisotopic (exact) mass is 410 g/mol. The molecule has 0 radical (unpaired) electrons. The van der Waals surface area contributed by atoms with Crippen LogP contribution in [0.3, 0.4) is 0 Å². The number of esters is 1. The zero-order chi connectivity index (χ0) is 21.4. The third kappa shape index (κ3) is 6.23. The van der Waals surface area contributed by atoms with Crippen LogP contribution in [0.15, 0.2) is 41.6 Å². The van der Waals surface area contributed by atoms with Crippen molar-refractivity contribution in [3.8, 4) is 5.75 Å². The van der Waals surface area contributed by atoms with Gasteiger partial charge in [0.05, 0.1) is 19.0 Å². The van der Waals surface area contributed by atoms with Crippen molar-refractivity contribution in [1.29, 1.82) is 0 Å². The van der Waals surface area contributed by atoms with Gasteiger partial charge in [-0.3, -0.25) is 4.79 Å². The number of anilines is 1. The summed E-state index contributed by atoms with van der Waals surface area (Å²) in [5.41, 5.74) is 0.109. The lowest BCUT2D eigenvalue weighted by Gasteiger charge is -2.13. The first-order valence-electron chi connectivity index (χ1n) is 8.25. The zero-order valence-electron chi connectivity index (χ0n) is 15.4. The third-order valence-corrected chi connectivity index (χ3v) is 3.55. The van der Waals surface area contributed by atoms with Crippen LogP contribution >= 0.6 is 0 Å². The number of halogens is 3. The Balaban J connectivity index is 1.79. The lowest BCUT2D eigenvalue weighted by atomic mass is 10.2. The Hall–Kier alpha value is -3.56. The smallest absolute Gasteiger partial charge is 0.347 e. The maximum absolute atomic E-state index is 13.6. The molecule has 7 nitrogen and oxygen atoms in total. The molecule has 2 aromatic carbocycles. The molecule has 0 heterocycles. The number of oxime groups is 1. The molecule has 29 heavy (non-hydrogen) atoms. The van der Waals surface area contributed by atoms with E-state index in [0.717, 1.165) is 6.07 Å². The molecule has 0 aromatic heterocycles. The minimum atomic E-state index is -1.73. The molecule has 0 aliphatic rings. The number of carbonyl (C=O) groups excluding carboxylic acids is 2. The van der Waals surface area contributed by atoms with Crippen molar-refractivity contribution in [3.05, 3.63) is 59.4 Å². The molecular weight excluding hydrogens is 393 g/mol. The number of ether oxygens (including phenoxy) is 2. The molecule has 1 amide bonds. The summed E-state index contributed by atoms with van der Waals surface area (Å²) in [5.74, 6) is -5.87. The number of methoxy groups -OCH3 is 1. The molecular formula is C19H17F3N2O5. The predicted molar refractivity (Wildman–Crippen MR) is 97.0 cm³/mol. The van der Waals surface area contributed by atoms with Crippen LogP contribution in [-0.2, 0) is 19.2 Å². The normalized spacial score (nSPS) is 11.8. The summed E-state index contributed by atoms with van der Waals surface area (Å²) in [6.07, 6.45) is 0.0125. The van der Waals surface area contributed by atoms with Crippen molar-refractivity contribution in [2.45, 2.75) is 13.0 Å². The van der Waals surface area contributed by atoms with Gasteiger partial charge >= 0.3 is 5.97 Å². The van der Waals surface area contributed by atoms with E-state index in [2.05, 4.69) is 5.16 Å². The number of amides is 1. The standard InChI is InChI=1S/C19H17F3N2O5/c1-11(19(26)24-15-8-7-14(20)17(21)18(15)22)29-16(25)10-28-23-9-12-3-5-13(27-2)6-4-12/h3-9,11H,10H2,1-2H3,(H,24,26)/b23-9-/t11-/m0/s1. The quantitative estimate of drug-likeness (QED) is 0.313. The fourth-order valence-electron chi connectivity index (χ4n) is 2.02. The topological polar surface area (TPSA) is 86.2 Å². The number of carbonyl (C=O) groups is 2. The van der Waals surface area contributed by atoms with E-state index >= 15 is 0 Å². The fraction of sp³-hybridized carbons (Fsp3) is 0.211. The molecule has 2 rings (SSSR count). The van der Waals surface area contributed by atoms with Crippen molar-refractivity contribution in [3.63, 3.8) is 0 Å². The van der Waals surface area contributed by atoms with E-state index in [1.165, 1.54) is 20.2 Å². The van der Waals surface area contributed by atoms with Gasteiger partial charge in [0, 0.05) is 0 Å². The van der Waals surface area contributed by atoms with E-state index < -0.39 is 47.7 Å². The highest BCUT2D eigenvalue weighted by atomic mass is 19.2. The second kappa shape index (κ2) is 10.1. The molecule has 0 aliphatic carbocycles. The molecule has 1 N–H and O–H groups in total. The second-order valence-electron chi connectivity index (χ2n) is 5.63. The van der Waals surface area contributed by atoms with Crippen LogP contribution in [0, 0.1) is 17.5 Å². The Kier molecular flexibility index (Phi) is 7.58. The Morgan fingerprint density at radius 1 is 1.10 bits per heavy atom. The number of benzene rings is 2. The van der Waals surface area contributed by atoms with Crippen LogP contribution in [0.4, 0.5) is 18.9 Å². The molecule has 2 aromatic rings. The van der Waals surface area contributed by atoms with Crippen LogP contribution in [0.1, 0.15) is 12.5 Å². The number of hydrogen-bond acceptors (Lipinski definition) is 6. The summed E-state index contributed by atoms with van der Waals surface area (Å²) in [5, 5.41) is 5.60. The van der Waals surface area contributed by atoms with Crippen LogP contribution < -0.4 is 10.1 Å². The second-order valence-corrected chi connectivity index (χ2v) is 5.63. The summed E-state index contributed by atoms with van der Waals surface area (Å²) in [6.45, 7) is 0.634. The Morgan fingerprint density at radius 3 is 2.45 bits per heavy atom. The minimum Gasteiger partial charge on any atom is -0.497 e. The minimum absolute atomic E-state index is 0.580. The van der Waals surface area contributed by atoms with Crippen molar-refractivity contribution < 1.29 is 37.1 Å². The summed E-state index contributed by atoms with van der Waals surface area (Å²) >= 11 is 0. The van der Waals surface area contributed by atoms with Crippen LogP contribution in [-0.4, -0.2) is 37.9 Å². The molecule has 0 saturated heterocycles. The van der Waals surface area contributed by atoms with E-state index in [1.54, 1.807) is 24.3 Å². The molecule has 0 spiro atoms. The number of nitrogens with zero attached hydrogens (tertiary/aromatic N) is 1.